The highest BCUT2D eigenvalue weighted by molar-refractivity contribution is 7.61. The zero-order chi connectivity index (χ0) is 23.2. The van der Waals surface area contributed by atoms with E-state index in [-0.39, 0.29) is 15.8 Å². The van der Waals surface area contributed by atoms with Crippen molar-refractivity contribution >= 4 is 15.8 Å². The van der Waals surface area contributed by atoms with Gasteiger partial charge in [-0.25, -0.2) is 0 Å². The average Bonchev–Trinajstić information content (AvgIpc) is 2.40. The SMILES string of the molecule is C=C1C(CP(C(C)(C)C)C(C)(C)C)=C(C)C=C(C)C1CP(C(C)(C)C)C(C)(C)C. The van der Waals surface area contributed by atoms with Crippen molar-refractivity contribution in [2.75, 3.05) is 12.3 Å². The Morgan fingerprint density at radius 3 is 1.45 bits per heavy atom. The molecule has 1 rings (SSSR count). The molecule has 1 atom stereocenters. The van der Waals surface area contributed by atoms with Crippen molar-refractivity contribution in [3.05, 3.63) is 34.9 Å². The molecule has 0 aromatic rings. The van der Waals surface area contributed by atoms with Gasteiger partial charge in [0, 0.05) is 5.92 Å². The summed E-state index contributed by atoms with van der Waals surface area (Å²) in [5.74, 6) is 0.509. The van der Waals surface area contributed by atoms with E-state index in [0.29, 0.717) is 26.5 Å². The minimum Gasteiger partial charge on any atom is -0.0949 e. The monoisotopic (exact) mass is 436 g/mol. The van der Waals surface area contributed by atoms with Crippen LogP contribution in [0.5, 0.6) is 0 Å². The van der Waals surface area contributed by atoms with Crippen molar-refractivity contribution < 1.29 is 0 Å². The Morgan fingerprint density at radius 2 is 1.10 bits per heavy atom. The first-order chi connectivity index (χ1) is 12.7. The van der Waals surface area contributed by atoms with Gasteiger partial charge in [0.15, 0.2) is 0 Å². The third-order valence-electron chi connectivity index (χ3n) is 6.20. The molecule has 0 spiro atoms. The van der Waals surface area contributed by atoms with E-state index in [1.165, 1.54) is 29.0 Å². The predicted octanol–water partition coefficient (Wildman–Crippen LogP) is 9.59. The molecular formula is C27H50P2. The van der Waals surface area contributed by atoms with Gasteiger partial charge in [-0.1, -0.05) is 117 Å². The van der Waals surface area contributed by atoms with Crippen molar-refractivity contribution in [2.24, 2.45) is 5.92 Å². The number of rotatable bonds is 4. The Hall–Kier alpha value is 0.0800. The lowest BCUT2D eigenvalue weighted by Gasteiger charge is -2.46. The van der Waals surface area contributed by atoms with Crippen LogP contribution in [-0.4, -0.2) is 32.9 Å². The van der Waals surface area contributed by atoms with Gasteiger partial charge in [-0.05, 0) is 63.5 Å². The molecule has 0 heterocycles. The Kier molecular flexibility index (Phi) is 8.33. The number of hydrogen-bond acceptors (Lipinski definition) is 0. The van der Waals surface area contributed by atoms with Crippen LogP contribution in [0.3, 0.4) is 0 Å². The first-order valence-electron chi connectivity index (χ1n) is 11.3. The maximum atomic E-state index is 4.73. The highest BCUT2D eigenvalue weighted by Crippen LogP contribution is 2.63. The van der Waals surface area contributed by atoms with Crippen LogP contribution in [0.1, 0.15) is 96.9 Å². The van der Waals surface area contributed by atoms with Crippen molar-refractivity contribution in [1.82, 2.24) is 0 Å². The average molecular weight is 437 g/mol. The van der Waals surface area contributed by atoms with Gasteiger partial charge >= 0.3 is 0 Å². The fourth-order valence-corrected chi connectivity index (χ4v) is 12.8. The molecule has 0 radical (unpaired) electrons. The van der Waals surface area contributed by atoms with Gasteiger partial charge in [-0.2, -0.15) is 0 Å². The van der Waals surface area contributed by atoms with Crippen LogP contribution in [-0.2, 0) is 0 Å². The first-order valence-corrected chi connectivity index (χ1v) is 14.4. The van der Waals surface area contributed by atoms with Gasteiger partial charge in [-0.3, -0.25) is 0 Å². The summed E-state index contributed by atoms with van der Waals surface area (Å²) in [4.78, 5) is 0. The molecule has 0 aromatic heterocycles. The lowest BCUT2D eigenvalue weighted by molar-refractivity contribution is 0.682. The molecule has 0 nitrogen and oxygen atoms in total. The summed E-state index contributed by atoms with van der Waals surface area (Å²) in [6.07, 6.45) is 4.95. The lowest BCUT2D eigenvalue weighted by atomic mass is 9.82. The smallest absolute Gasteiger partial charge is 0.00853 e. The minimum absolute atomic E-state index is 0.137. The van der Waals surface area contributed by atoms with Crippen molar-refractivity contribution in [3.63, 3.8) is 0 Å². The molecule has 0 bridgehead atoms. The summed E-state index contributed by atoms with van der Waals surface area (Å²) in [7, 11) is -0.297. The Bertz CT molecular complexity index is 635. The molecule has 0 aromatic carbocycles. The van der Waals surface area contributed by atoms with E-state index >= 15 is 0 Å². The second kappa shape index (κ2) is 8.91. The van der Waals surface area contributed by atoms with E-state index in [1.54, 1.807) is 5.57 Å². The largest absolute Gasteiger partial charge is 0.0949 e. The number of allylic oxidation sites excluding steroid dienone is 5. The molecule has 2 heteroatoms. The third-order valence-corrected chi connectivity index (χ3v) is 14.0. The summed E-state index contributed by atoms with van der Waals surface area (Å²) < 4.78 is 0. The predicted molar refractivity (Wildman–Crippen MR) is 142 cm³/mol. The molecule has 1 aliphatic carbocycles. The minimum atomic E-state index is -0.160. The molecule has 0 saturated heterocycles. The Morgan fingerprint density at radius 1 is 0.724 bits per heavy atom. The molecule has 168 valence electrons. The van der Waals surface area contributed by atoms with Crippen molar-refractivity contribution in [1.29, 1.82) is 0 Å². The molecule has 1 aliphatic rings. The van der Waals surface area contributed by atoms with Crippen LogP contribution < -0.4 is 0 Å². The van der Waals surface area contributed by atoms with Gasteiger partial charge in [0.1, 0.15) is 0 Å². The highest BCUT2D eigenvalue weighted by Gasteiger charge is 2.40. The zero-order valence-electron chi connectivity index (χ0n) is 22.2. The molecule has 0 aliphatic heterocycles. The van der Waals surface area contributed by atoms with Crippen LogP contribution in [0.4, 0.5) is 0 Å². The van der Waals surface area contributed by atoms with Crippen LogP contribution >= 0.6 is 15.8 Å². The zero-order valence-corrected chi connectivity index (χ0v) is 24.0. The molecule has 29 heavy (non-hydrogen) atoms. The van der Waals surface area contributed by atoms with Crippen LogP contribution in [0.25, 0.3) is 0 Å². The molecule has 0 saturated carbocycles. The summed E-state index contributed by atoms with van der Waals surface area (Å²) in [5.41, 5.74) is 5.97. The Balaban J connectivity index is 3.32. The molecule has 1 unspecified atom stereocenters. The van der Waals surface area contributed by atoms with Gasteiger partial charge in [0.25, 0.3) is 0 Å². The fraction of sp³-hybridized carbons (Fsp3) is 0.778. The highest BCUT2D eigenvalue weighted by atomic mass is 31.1. The van der Waals surface area contributed by atoms with Crippen LogP contribution in [0.15, 0.2) is 34.9 Å². The van der Waals surface area contributed by atoms with Crippen LogP contribution in [0.2, 0.25) is 0 Å². The van der Waals surface area contributed by atoms with E-state index in [0.717, 1.165) is 0 Å². The number of hydrogen-bond donors (Lipinski definition) is 0. The van der Waals surface area contributed by atoms with E-state index < -0.39 is 0 Å². The molecular weight excluding hydrogens is 386 g/mol. The van der Waals surface area contributed by atoms with E-state index in [4.69, 9.17) is 6.58 Å². The van der Waals surface area contributed by atoms with E-state index in [2.05, 4.69) is 103 Å². The summed E-state index contributed by atoms with van der Waals surface area (Å²) >= 11 is 0. The molecule has 0 fully saturated rings. The third kappa shape index (κ3) is 7.04. The normalized spacial score (nSPS) is 20.1. The van der Waals surface area contributed by atoms with Gasteiger partial charge in [-0.15, -0.1) is 0 Å². The summed E-state index contributed by atoms with van der Waals surface area (Å²) in [5, 5.41) is 1.40. The van der Waals surface area contributed by atoms with E-state index in [1.807, 2.05) is 0 Å². The Labute approximate surface area is 186 Å². The van der Waals surface area contributed by atoms with Crippen LogP contribution in [0, 0.1) is 5.92 Å². The molecule has 0 amide bonds. The maximum Gasteiger partial charge on any atom is 0.00853 e. The fourth-order valence-electron chi connectivity index (χ4n) is 5.12. The van der Waals surface area contributed by atoms with Gasteiger partial charge < -0.3 is 0 Å². The van der Waals surface area contributed by atoms with Crippen molar-refractivity contribution in [2.45, 2.75) is 118 Å². The topological polar surface area (TPSA) is 0 Å². The summed E-state index contributed by atoms with van der Waals surface area (Å²) in [6.45, 7) is 38.6. The second-order valence-corrected chi connectivity index (χ2v) is 20.8. The van der Waals surface area contributed by atoms with Gasteiger partial charge in [0.2, 0.25) is 0 Å². The van der Waals surface area contributed by atoms with Gasteiger partial charge in [0.05, 0.1) is 0 Å². The first kappa shape index (κ1) is 27.1. The standard InChI is InChI=1S/C27H50P2/c1-19-16-20(2)23(18-29(26(10,11)12)27(13,14)15)21(3)22(19)17-28(24(4,5)6)25(7,8)9/h16,22H,3,17-18H2,1-2,4-15H3. The molecule has 0 N–H and O–H groups in total. The maximum absolute atomic E-state index is 4.73. The summed E-state index contributed by atoms with van der Waals surface area (Å²) in [6, 6.07) is 0. The lowest BCUT2D eigenvalue weighted by Crippen LogP contribution is -2.31. The van der Waals surface area contributed by atoms with E-state index in [9.17, 15) is 0 Å². The van der Waals surface area contributed by atoms with Crippen molar-refractivity contribution in [3.8, 4) is 0 Å². The quantitative estimate of drug-likeness (QED) is 0.385. The second-order valence-electron chi connectivity index (χ2n) is 13.0.